The molecule has 7 heteroatoms. The van der Waals surface area contributed by atoms with Crippen LogP contribution in [-0.4, -0.2) is 26.1 Å². The number of nitrogens with one attached hydrogen (secondary N) is 1. The maximum Gasteiger partial charge on any atom is 0.248 e. The van der Waals surface area contributed by atoms with Crippen molar-refractivity contribution in [3.05, 3.63) is 59.1 Å². The first kappa shape index (κ1) is 14.4. The molecule has 3 aromatic rings. The van der Waals surface area contributed by atoms with Crippen molar-refractivity contribution in [3.63, 3.8) is 0 Å². The molecular weight excluding hydrogens is 346 g/mol. The Morgan fingerprint density at radius 1 is 1.09 bits per heavy atom. The summed E-state index contributed by atoms with van der Waals surface area (Å²) in [5.41, 5.74) is 1.57. The number of para-hydroxylation sites is 1. The number of nitrogens with zero attached hydrogens (tertiary/aromatic N) is 4. The molecule has 1 aromatic heterocycles. The van der Waals surface area contributed by atoms with Gasteiger partial charge in [-0.25, -0.2) is 0 Å². The summed E-state index contributed by atoms with van der Waals surface area (Å²) in [6, 6.07) is 16.9. The fraction of sp³-hybridized carbons (Fsp3) is 0.0667. The zero-order chi connectivity index (χ0) is 15.4. The van der Waals surface area contributed by atoms with Gasteiger partial charge in [0.2, 0.25) is 11.7 Å². The van der Waals surface area contributed by atoms with Gasteiger partial charge in [-0.1, -0.05) is 42.5 Å². The van der Waals surface area contributed by atoms with Crippen LogP contribution in [0.2, 0.25) is 0 Å². The van der Waals surface area contributed by atoms with Gasteiger partial charge in [-0.15, -0.1) is 10.2 Å². The van der Waals surface area contributed by atoms with Crippen molar-refractivity contribution >= 4 is 27.5 Å². The molecule has 3 rings (SSSR count). The maximum absolute atomic E-state index is 12.0. The van der Waals surface area contributed by atoms with Gasteiger partial charge < -0.3 is 5.32 Å². The van der Waals surface area contributed by atoms with E-state index in [-0.39, 0.29) is 12.5 Å². The molecule has 22 heavy (non-hydrogen) atoms. The molecule has 0 saturated carbocycles. The SMILES string of the molecule is O=C(Cn1nnc(-c2ccccc2)n1)Nc1ccccc1Br. The average molecular weight is 358 g/mol. The molecule has 110 valence electrons. The van der Waals surface area contributed by atoms with Crippen LogP contribution in [0.15, 0.2) is 59.1 Å². The normalized spacial score (nSPS) is 10.4. The smallest absolute Gasteiger partial charge is 0.248 e. The predicted octanol–water partition coefficient (Wildman–Crippen LogP) is 2.74. The van der Waals surface area contributed by atoms with E-state index in [1.165, 1.54) is 4.80 Å². The summed E-state index contributed by atoms with van der Waals surface area (Å²) < 4.78 is 0.819. The van der Waals surface area contributed by atoms with E-state index in [1.54, 1.807) is 0 Å². The number of amides is 1. The average Bonchev–Trinajstić information content (AvgIpc) is 2.99. The molecule has 0 spiro atoms. The number of benzene rings is 2. The second kappa shape index (κ2) is 6.48. The van der Waals surface area contributed by atoms with Crippen LogP contribution in [0.5, 0.6) is 0 Å². The number of tetrazole rings is 1. The summed E-state index contributed by atoms with van der Waals surface area (Å²) in [5.74, 6) is 0.276. The van der Waals surface area contributed by atoms with Crippen LogP contribution in [-0.2, 0) is 11.3 Å². The van der Waals surface area contributed by atoms with Crippen LogP contribution < -0.4 is 5.32 Å². The van der Waals surface area contributed by atoms with E-state index in [9.17, 15) is 4.79 Å². The second-order valence-electron chi connectivity index (χ2n) is 4.54. The number of hydrogen-bond acceptors (Lipinski definition) is 4. The maximum atomic E-state index is 12.0. The molecule has 0 saturated heterocycles. The van der Waals surface area contributed by atoms with E-state index in [4.69, 9.17) is 0 Å². The Morgan fingerprint density at radius 2 is 1.82 bits per heavy atom. The Hall–Kier alpha value is -2.54. The standard InChI is InChI=1S/C15H12BrN5O/c16-12-8-4-5-9-13(12)17-14(22)10-21-19-15(18-20-21)11-6-2-1-3-7-11/h1-9H,10H2,(H,17,22). The van der Waals surface area contributed by atoms with Crippen molar-refractivity contribution in [1.29, 1.82) is 0 Å². The fourth-order valence-corrected chi connectivity index (χ4v) is 2.28. The van der Waals surface area contributed by atoms with Gasteiger partial charge in [0, 0.05) is 10.0 Å². The van der Waals surface area contributed by atoms with Crippen molar-refractivity contribution in [2.24, 2.45) is 0 Å². The number of rotatable bonds is 4. The van der Waals surface area contributed by atoms with E-state index in [0.29, 0.717) is 11.5 Å². The molecule has 0 fully saturated rings. The zero-order valence-corrected chi connectivity index (χ0v) is 13.1. The summed E-state index contributed by atoms with van der Waals surface area (Å²) >= 11 is 3.38. The Balaban J connectivity index is 1.68. The number of hydrogen-bond donors (Lipinski definition) is 1. The lowest BCUT2D eigenvalue weighted by molar-refractivity contribution is -0.117. The van der Waals surface area contributed by atoms with Gasteiger partial charge in [0.15, 0.2) is 0 Å². The highest BCUT2D eigenvalue weighted by molar-refractivity contribution is 9.10. The molecule has 6 nitrogen and oxygen atoms in total. The Labute approximate surface area is 135 Å². The molecule has 1 heterocycles. The van der Waals surface area contributed by atoms with Crippen LogP contribution in [0.1, 0.15) is 0 Å². The first-order chi connectivity index (χ1) is 10.7. The Bertz CT molecular complexity index is 787. The van der Waals surface area contributed by atoms with Crippen LogP contribution in [0, 0.1) is 0 Å². The highest BCUT2D eigenvalue weighted by Gasteiger charge is 2.10. The van der Waals surface area contributed by atoms with Gasteiger partial charge in [0.1, 0.15) is 6.54 Å². The van der Waals surface area contributed by atoms with E-state index in [2.05, 4.69) is 36.7 Å². The lowest BCUT2D eigenvalue weighted by Crippen LogP contribution is -2.20. The quantitative estimate of drug-likeness (QED) is 0.779. The van der Waals surface area contributed by atoms with Crippen LogP contribution in [0.4, 0.5) is 5.69 Å². The predicted molar refractivity (Wildman–Crippen MR) is 86.0 cm³/mol. The molecule has 0 bridgehead atoms. The zero-order valence-electron chi connectivity index (χ0n) is 11.5. The van der Waals surface area contributed by atoms with E-state index < -0.39 is 0 Å². The number of halogens is 1. The van der Waals surface area contributed by atoms with Crippen LogP contribution in [0.3, 0.4) is 0 Å². The van der Waals surface area contributed by atoms with Crippen molar-refractivity contribution in [2.45, 2.75) is 6.54 Å². The fourth-order valence-electron chi connectivity index (χ4n) is 1.89. The summed E-state index contributed by atoms with van der Waals surface area (Å²) in [4.78, 5) is 13.3. The summed E-state index contributed by atoms with van der Waals surface area (Å²) in [6.45, 7) is 0.00116. The highest BCUT2D eigenvalue weighted by atomic mass is 79.9. The van der Waals surface area contributed by atoms with Crippen molar-refractivity contribution in [3.8, 4) is 11.4 Å². The van der Waals surface area contributed by atoms with Crippen molar-refractivity contribution in [2.75, 3.05) is 5.32 Å². The highest BCUT2D eigenvalue weighted by Crippen LogP contribution is 2.21. The van der Waals surface area contributed by atoms with Crippen molar-refractivity contribution in [1.82, 2.24) is 20.2 Å². The van der Waals surface area contributed by atoms with Gasteiger partial charge in [0.05, 0.1) is 5.69 Å². The minimum absolute atomic E-state index is 0.00116. The lowest BCUT2D eigenvalue weighted by atomic mass is 10.2. The molecule has 0 aliphatic carbocycles. The summed E-state index contributed by atoms with van der Waals surface area (Å²) in [6.07, 6.45) is 0. The van der Waals surface area contributed by atoms with E-state index in [0.717, 1.165) is 10.0 Å². The van der Waals surface area contributed by atoms with Gasteiger partial charge in [-0.3, -0.25) is 4.79 Å². The molecule has 0 aliphatic rings. The topological polar surface area (TPSA) is 72.7 Å². The van der Waals surface area contributed by atoms with Gasteiger partial charge in [-0.2, -0.15) is 4.80 Å². The molecule has 0 aliphatic heterocycles. The molecule has 0 unspecified atom stereocenters. The van der Waals surface area contributed by atoms with E-state index in [1.807, 2.05) is 54.6 Å². The first-order valence-corrected chi connectivity index (χ1v) is 7.39. The molecule has 0 atom stereocenters. The monoisotopic (exact) mass is 357 g/mol. The first-order valence-electron chi connectivity index (χ1n) is 6.60. The molecule has 0 radical (unpaired) electrons. The number of anilines is 1. The third-order valence-electron chi connectivity index (χ3n) is 2.92. The molecule has 2 aromatic carbocycles. The second-order valence-corrected chi connectivity index (χ2v) is 5.39. The third-order valence-corrected chi connectivity index (χ3v) is 3.61. The van der Waals surface area contributed by atoms with Gasteiger partial charge in [0.25, 0.3) is 0 Å². The minimum Gasteiger partial charge on any atom is -0.323 e. The molecular formula is C15H12BrN5O. The minimum atomic E-state index is -0.219. The Morgan fingerprint density at radius 3 is 2.59 bits per heavy atom. The van der Waals surface area contributed by atoms with E-state index >= 15 is 0 Å². The number of carbonyl (C=O) groups excluding carboxylic acids is 1. The Kier molecular flexibility index (Phi) is 4.24. The largest absolute Gasteiger partial charge is 0.323 e. The van der Waals surface area contributed by atoms with Crippen LogP contribution in [0.25, 0.3) is 11.4 Å². The summed E-state index contributed by atoms with van der Waals surface area (Å²) in [7, 11) is 0. The number of aromatic nitrogens is 4. The molecule has 1 amide bonds. The van der Waals surface area contributed by atoms with Gasteiger partial charge in [-0.05, 0) is 33.3 Å². The van der Waals surface area contributed by atoms with Crippen molar-refractivity contribution < 1.29 is 4.79 Å². The molecule has 1 N–H and O–H groups in total. The summed E-state index contributed by atoms with van der Waals surface area (Å²) in [5, 5.41) is 14.9. The third kappa shape index (κ3) is 3.37. The lowest BCUT2D eigenvalue weighted by Gasteiger charge is -2.06. The number of carbonyl (C=O) groups is 1. The van der Waals surface area contributed by atoms with Gasteiger partial charge >= 0.3 is 0 Å². The van der Waals surface area contributed by atoms with Crippen LogP contribution >= 0.6 is 15.9 Å².